The third-order valence-corrected chi connectivity index (χ3v) is 4.73. The lowest BCUT2D eigenvalue weighted by Gasteiger charge is -2.37. The van der Waals surface area contributed by atoms with Crippen molar-refractivity contribution in [2.75, 3.05) is 52.3 Å². The van der Waals surface area contributed by atoms with Crippen molar-refractivity contribution in [1.29, 1.82) is 0 Å². The van der Waals surface area contributed by atoms with E-state index in [9.17, 15) is 4.79 Å². The molecule has 0 saturated carbocycles. The fourth-order valence-corrected chi connectivity index (χ4v) is 3.30. The molecule has 1 aliphatic heterocycles. The molecule has 0 radical (unpaired) electrons. The van der Waals surface area contributed by atoms with Gasteiger partial charge in [0.2, 0.25) is 0 Å². The summed E-state index contributed by atoms with van der Waals surface area (Å²) in [4.78, 5) is 17.7. The second-order valence-electron chi connectivity index (χ2n) is 6.59. The van der Waals surface area contributed by atoms with Gasteiger partial charge in [0.05, 0.1) is 5.56 Å². The highest BCUT2D eigenvalue weighted by molar-refractivity contribution is 5.99. The molecule has 5 nitrogen and oxygen atoms in total. The van der Waals surface area contributed by atoms with Gasteiger partial charge in [-0.2, -0.15) is 0 Å². The molecule has 1 saturated heterocycles. The van der Waals surface area contributed by atoms with Gasteiger partial charge in [0.15, 0.2) is 0 Å². The molecule has 1 aromatic carbocycles. The van der Waals surface area contributed by atoms with Crippen LogP contribution >= 0.6 is 0 Å². The lowest BCUT2D eigenvalue weighted by molar-refractivity contribution is 0.0565. The van der Waals surface area contributed by atoms with Crippen molar-refractivity contribution in [3.63, 3.8) is 0 Å². The van der Waals surface area contributed by atoms with E-state index >= 15 is 0 Å². The van der Waals surface area contributed by atoms with Crippen molar-refractivity contribution in [2.24, 2.45) is 0 Å². The number of hydrogen-bond donors (Lipinski definition) is 1. The summed E-state index contributed by atoms with van der Waals surface area (Å²) in [5, 5.41) is 3.28. The minimum absolute atomic E-state index is 0.109. The topological polar surface area (TPSA) is 44.8 Å². The summed E-state index contributed by atoms with van der Waals surface area (Å²) in [7, 11) is 3.85. The third-order valence-electron chi connectivity index (χ3n) is 4.73. The first kappa shape index (κ1) is 19.5. The normalized spacial score (nSPS) is 15.8. The number of rotatable bonds is 9. The van der Waals surface area contributed by atoms with Crippen LogP contribution < -0.4 is 5.32 Å². The van der Waals surface area contributed by atoms with Crippen LogP contribution in [-0.2, 0) is 4.74 Å². The maximum Gasteiger partial charge on any atom is 0.256 e. The molecule has 1 aliphatic rings. The second-order valence-corrected chi connectivity index (χ2v) is 6.59. The van der Waals surface area contributed by atoms with Crippen LogP contribution in [0.4, 0.5) is 5.69 Å². The first-order chi connectivity index (χ1) is 12.2. The Balaban J connectivity index is 2.17. The van der Waals surface area contributed by atoms with Gasteiger partial charge < -0.3 is 19.9 Å². The predicted octanol–water partition coefficient (Wildman–Crippen LogP) is 2.86. The lowest BCUT2D eigenvalue weighted by atomic mass is 10.0. The van der Waals surface area contributed by atoms with Gasteiger partial charge in [-0.15, -0.1) is 6.58 Å². The first-order valence-corrected chi connectivity index (χ1v) is 9.09. The number of piperidine rings is 1. The summed E-state index contributed by atoms with van der Waals surface area (Å²) >= 11 is 0. The van der Waals surface area contributed by atoms with Crippen LogP contribution in [0.2, 0.25) is 0 Å². The Hall–Kier alpha value is -1.85. The molecule has 1 amide bonds. The van der Waals surface area contributed by atoms with Gasteiger partial charge in [0.25, 0.3) is 5.91 Å². The SMILES string of the molecule is C=CCNc1ccccc1C(=O)N(CCCOC)C1CCN(C)CC1. The van der Waals surface area contributed by atoms with Gasteiger partial charge in [0.1, 0.15) is 0 Å². The molecule has 1 aromatic rings. The molecule has 0 spiro atoms. The predicted molar refractivity (Wildman–Crippen MR) is 103 cm³/mol. The van der Waals surface area contributed by atoms with Crippen LogP contribution in [0.5, 0.6) is 0 Å². The number of nitrogens with zero attached hydrogens (tertiary/aromatic N) is 2. The molecular weight excluding hydrogens is 314 g/mol. The minimum Gasteiger partial charge on any atom is -0.385 e. The summed E-state index contributed by atoms with van der Waals surface area (Å²) in [6.07, 6.45) is 4.71. The monoisotopic (exact) mass is 345 g/mol. The van der Waals surface area contributed by atoms with Gasteiger partial charge in [-0.1, -0.05) is 18.2 Å². The van der Waals surface area contributed by atoms with Crippen LogP contribution in [0.1, 0.15) is 29.6 Å². The highest BCUT2D eigenvalue weighted by Gasteiger charge is 2.28. The maximum atomic E-state index is 13.3. The summed E-state index contributed by atoms with van der Waals surface area (Å²) in [5.74, 6) is 0.109. The van der Waals surface area contributed by atoms with Gasteiger partial charge >= 0.3 is 0 Å². The van der Waals surface area contributed by atoms with E-state index in [2.05, 4.69) is 28.7 Å². The molecule has 25 heavy (non-hydrogen) atoms. The number of likely N-dealkylation sites (tertiary alicyclic amines) is 1. The van der Waals surface area contributed by atoms with E-state index in [1.165, 1.54) is 0 Å². The van der Waals surface area contributed by atoms with Crippen molar-refractivity contribution in [3.8, 4) is 0 Å². The van der Waals surface area contributed by atoms with Crippen LogP contribution in [0, 0.1) is 0 Å². The molecule has 138 valence electrons. The standard InChI is InChI=1S/C20H31N3O2/c1-4-12-21-19-9-6-5-8-18(19)20(24)23(13-7-16-25-3)17-10-14-22(2)15-11-17/h4-6,8-9,17,21H,1,7,10-16H2,2-3H3. The van der Waals surface area contributed by atoms with Crippen molar-refractivity contribution in [1.82, 2.24) is 9.80 Å². The number of benzene rings is 1. The molecule has 5 heteroatoms. The van der Waals surface area contributed by atoms with Gasteiger partial charge in [-0.3, -0.25) is 4.79 Å². The molecule has 0 aromatic heterocycles. The van der Waals surface area contributed by atoms with Gasteiger partial charge in [0, 0.05) is 38.5 Å². The van der Waals surface area contributed by atoms with Crippen LogP contribution in [0.15, 0.2) is 36.9 Å². The Bertz CT molecular complexity index is 554. The van der Waals surface area contributed by atoms with Crippen LogP contribution in [-0.4, -0.2) is 68.7 Å². The minimum atomic E-state index is 0.109. The second kappa shape index (κ2) is 10.2. The van der Waals surface area contributed by atoms with E-state index < -0.39 is 0 Å². The average molecular weight is 345 g/mol. The molecule has 0 bridgehead atoms. The van der Waals surface area contributed by atoms with E-state index in [0.717, 1.165) is 50.1 Å². The number of anilines is 1. The average Bonchev–Trinajstić information content (AvgIpc) is 2.64. The third kappa shape index (κ3) is 5.58. The van der Waals surface area contributed by atoms with Crippen molar-refractivity contribution >= 4 is 11.6 Å². The van der Waals surface area contributed by atoms with E-state index in [-0.39, 0.29) is 5.91 Å². The summed E-state index contributed by atoms with van der Waals surface area (Å²) < 4.78 is 5.19. The summed E-state index contributed by atoms with van der Waals surface area (Å²) in [6.45, 7) is 7.86. The fraction of sp³-hybridized carbons (Fsp3) is 0.550. The number of ether oxygens (including phenoxy) is 1. The zero-order valence-electron chi connectivity index (χ0n) is 15.5. The van der Waals surface area contributed by atoms with Crippen LogP contribution in [0.25, 0.3) is 0 Å². The van der Waals surface area contributed by atoms with Gasteiger partial charge in [-0.05, 0) is 51.5 Å². The summed E-state index contributed by atoms with van der Waals surface area (Å²) in [5.41, 5.74) is 1.61. The number of carbonyl (C=O) groups excluding carboxylic acids is 1. The van der Waals surface area contributed by atoms with E-state index in [0.29, 0.717) is 19.2 Å². The largest absolute Gasteiger partial charge is 0.385 e. The smallest absolute Gasteiger partial charge is 0.256 e. The zero-order valence-corrected chi connectivity index (χ0v) is 15.5. The molecule has 1 fully saturated rings. The number of amides is 1. The lowest BCUT2D eigenvalue weighted by Crippen LogP contribution is -2.47. The highest BCUT2D eigenvalue weighted by Crippen LogP contribution is 2.22. The molecular formula is C20H31N3O2. The van der Waals surface area contributed by atoms with E-state index in [1.54, 1.807) is 13.2 Å². The maximum absolute atomic E-state index is 13.3. The number of methoxy groups -OCH3 is 1. The number of carbonyl (C=O) groups is 1. The fourth-order valence-electron chi connectivity index (χ4n) is 3.30. The highest BCUT2D eigenvalue weighted by atomic mass is 16.5. The van der Waals surface area contributed by atoms with Crippen molar-refractivity contribution < 1.29 is 9.53 Å². The Morgan fingerprint density at radius 2 is 2.12 bits per heavy atom. The van der Waals surface area contributed by atoms with E-state index in [4.69, 9.17) is 4.74 Å². The van der Waals surface area contributed by atoms with Crippen molar-refractivity contribution in [3.05, 3.63) is 42.5 Å². The molecule has 1 N–H and O–H groups in total. The molecule has 0 aliphatic carbocycles. The number of para-hydroxylation sites is 1. The molecule has 0 unspecified atom stereocenters. The van der Waals surface area contributed by atoms with E-state index in [1.807, 2.05) is 24.3 Å². The quantitative estimate of drug-likeness (QED) is 0.552. The molecule has 2 rings (SSSR count). The number of nitrogens with one attached hydrogen (secondary N) is 1. The van der Waals surface area contributed by atoms with Gasteiger partial charge in [-0.25, -0.2) is 0 Å². The van der Waals surface area contributed by atoms with Crippen molar-refractivity contribution in [2.45, 2.75) is 25.3 Å². The Morgan fingerprint density at radius 3 is 2.80 bits per heavy atom. The Morgan fingerprint density at radius 1 is 1.40 bits per heavy atom. The zero-order chi connectivity index (χ0) is 18.1. The Labute approximate surface area is 151 Å². The Kier molecular flexibility index (Phi) is 7.95. The molecule has 0 atom stereocenters. The first-order valence-electron chi connectivity index (χ1n) is 9.09. The number of hydrogen-bond acceptors (Lipinski definition) is 4. The van der Waals surface area contributed by atoms with Crippen LogP contribution in [0.3, 0.4) is 0 Å². The molecule has 1 heterocycles. The summed E-state index contributed by atoms with van der Waals surface area (Å²) in [6, 6.07) is 8.04.